The molecular formula is C12H16BrN3O3. The fraction of sp³-hybridized carbons (Fsp3) is 0.333. The SMILES string of the molecule is Cc1cc(Br)cc(CN(CC(N)=O)CC(N)=O)c1O. The number of halogens is 1. The molecule has 0 bridgehead atoms. The molecule has 0 heterocycles. The van der Waals surface area contributed by atoms with Gasteiger partial charge in [-0.2, -0.15) is 0 Å². The van der Waals surface area contributed by atoms with E-state index in [4.69, 9.17) is 11.5 Å². The smallest absolute Gasteiger partial charge is 0.231 e. The molecule has 0 unspecified atom stereocenters. The number of benzene rings is 1. The second-order valence-corrected chi connectivity index (χ2v) is 5.22. The van der Waals surface area contributed by atoms with Crippen LogP contribution in [0, 0.1) is 6.92 Å². The number of hydrogen-bond acceptors (Lipinski definition) is 4. The van der Waals surface area contributed by atoms with E-state index in [1.165, 1.54) is 4.90 Å². The van der Waals surface area contributed by atoms with Crippen molar-refractivity contribution in [2.75, 3.05) is 13.1 Å². The van der Waals surface area contributed by atoms with Gasteiger partial charge in [-0.15, -0.1) is 0 Å². The zero-order valence-corrected chi connectivity index (χ0v) is 12.1. The number of nitrogens with zero attached hydrogens (tertiary/aromatic N) is 1. The molecule has 0 radical (unpaired) electrons. The maximum absolute atomic E-state index is 11.0. The second kappa shape index (κ2) is 6.53. The molecule has 6 nitrogen and oxygen atoms in total. The lowest BCUT2D eigenvalue weighted by atomic mass is 10.1. The van der Waals surface area contributed by atoms with Crippen LogP contribution in [0.25, 0.3) is 0 Å². The van der Waals surface area contributed by atoms with E-state index in [9.17, 15) is 14.7 Å². The van der Waals surface area contributed by atoms with Crippen molar-refractivity contribution in [3.05, 3.63) is 27.7 Å². The van der Waals surface area contributed by atoms with Crippen LogP contribution in [-0.2, 0) is 16.1 Å². The van der Waals surface area contributed by atoms with Crippen LogP contribution in [0.3, 0.4) is 0 Å². The number of aryl methyl sites for hydroxylation is 1. The molecule has 0 saturated heterocycles. The summed E-state index contributed by atoms with van der Waals surface area (Å²) in [5.41, 5.74) is 11.5. The average molecular weight is 330 g/mol. The summed E-state index contributed by atoms with van der Waals surface area (Å²) in [6, 6.07) is 3.49. The first-order valence-corrected chi connectivity index (χ1v) is 6.36. The van der Waals surface area contributed by atoms with Gasteiger partial charge in [-0.05, 0) is 24.6 Å². The van der Waals surface area contributed by atoms with E-state index in [1.807, 2.05) is 0 Å². The predicted molar refractivity (Wildman–Crippen MR) is 74.2 cm³/mol. The number of hydrogen-bond donors (Lipinski definition) is 3. The lowest BCUT2D eigenvalue weighted by Crippen LogP contribution is -2.39. The number of nitrogens with two attached hydrogens (primary N) is 2. The molecule has 1 aromatic rings. The van der Waals surface area contributed by atoms with Crippen LogP contribution in [-0.4, -0.2) is 34.9 Å². The van der Waals surface area contributed by atoms with Crippen molar-refractivity contribution in [2.24, 2.45) is 11.5 Å². The van der Waals surface area contributed by atoms with Gasteiger partial charge in [0.25, 0.3) is 0 Å². The van der Waals surface area contributed by atoms with E-state index in [2.05, 4.69) is 15.9 Å². The number of carbonyl (C=O) groups is 2. The topological polar surface area (TPSA) is 110 Å². The first-order valence-electron chi connectivity index (χ1n) is 5.56. The van der Waals surface area contributed by atoms with Crippen molar-refractivity contribution in [2.45, 2.75) is 13.5 Å². The monoisotopic (exact) mass is 329 g/mol. The number of rotatable bonds is 6. The first kappa shape index (κ1) is 15.5. The molecule has 0 aliphatic heterocycles. The molecule has 5 N–H and O–H groups in total. The van der Waals surface area contributed by atoms with Gasteiger partial charge in [-0.1, -0.05) is 15.9 Å². The highest BCUT2D eigenvalue weighted by molar-refractivity contribution is 9.10. The van der Waals surface area contributed by atoms with Gasteiger partial charge in [0, 0.05) is 16.6 Å². The highest BCUT2D eigenvalue weighted by Gasteiger charge is 2.15. The molecule has 0 aromatic heterocycles. The highest BCUT2D eigenvalue weighted by atomic mass is 79.9. The Morgan fingerprint density at radius 2 is 1.79 bits per heavy atom. The number of carbonyl (C=O) groups excluding carboxylic acids is 2. The Morgan fingerprint density at radius 3 is 2.26 bits per heavy atom. The van der Waals surface area contributed by atoms with E-state index in [-0.39, 0.29) is 25.4 Å². The predicted octanol–water partition coefficient (Wildman–Crippen LogP) is 0.236. The fourth-order valence-corrected chi connectivity index (χ4v) is 2.39. The lowest BCUT2D eigenvalue weighted by Gasteiger charge is -2.20. The van der Waals surface area contributed by atoms with E-state index in [1.54, 1.807) is 19.1 Å². The third-order valence-corrected chi connectivity index (χ3v) is 2.95. The van der Waals surface area contributed by atoms with Gasteiger partial charge in [0.1, 0.15) is 5.75 Å². The van der Waals surface area contributed by atoms with E-state index < -0.39 is 11.8 Å². The molecule has 104 valence electrons. The largest absolute Gasteiger partial charge is 0.507 e. The molecular weight excluding hydrogens is 314 g/mol. The van der Waals surface area contributed by atoms with Crippen LogP contribution >= 0.6 is 15.9 Å². The summed E-state index contributed by atoms with van der Waals surface area (Å²) in [7, 11) is 0. The van der Waals surface area contributed by atoms with Crippen LogP contribution in [0.15, 0.2) is 16.6 Å². The Labute approximate surface area is 119 Å². The van der Waals surface area contributed by atoms with Crippen LogP contribution < -0.4 is 11.5 Å². The van der Waals surface area contributed by atoms with Gasteiger partial charge >= 0.3 is 0 Å². The molecule has 2 amide bonds. The zero-order valence-electron chi connectivity index (χ0n) is 10.5. The van der Waals surface area contributed by atoms with E-state index in [0.29, 0.717) is 11.1 Å². The van der Waals surface area contributed by atoms with E-state index >= 15 is 0 Å². The van der Waals surface area contributed by atoms with Crippen molar-refractivity contribution in [3.8, 4) is 5.75 Å². The number of aromatic hydroxyl groups is 1. The normalized spacial score (nSPS) is 10.7. The van der Waals surface area contributed by atoms with E-state index in [0.717, 1.165) is 4.47 Å². The number of primary amides is 2. The number of amides is 2. The molecule has 0 saturated carbocycles. The van der Waals surface area contributed by atoms with Crippen molar-refractivity contribution in [3.63, 3.8) is 0 Å². The Balaban J connectivity index is 2.95. The summed E-state index contributed by atoms with van der Waals surface area (Å²) >= 11 is 3.33. The van der Waals surface area contributed by atoms with Gasteiger partial charge in [-0.3, -0.25) is 14.5 Å². The summed E-state index contributed by atoms with van der Waals surface area (Å²) in [5.74, 6) is -0.998. The molecule has 1 aromatic carbocycles. The third-order valence-electron chi connectivity index (χ3n) is 2.50. The molecule has 0 aliphatic rings. The van der Waals surface area contributed by atoms with Gasteiger partial charge in [0.2, 0.25) is 11.8 Å². The Kier molecular flexibility index (Phi) is 5.31. The highest BCUT2D eigenvalue weighted by Crippen LogP contribution is 2.27. The molecule has 7 heteroatoms. The fourth-order valence-electron chi connectivity index (χ4n) is 1.77. The minimum Gasteiger partial charge on any atom is -0.507 e. The van der Waals surface area contributed by atoms with Gasteiger partial charge < -0.3 is 16.6 Å². The first-order chi connectivity index (χ1) is 8.79. The summed E-state index contributed by atoms with van der Waals surface area (Å²) in [5, 5.41) is 9.96. The van der Waals surface area contributed by atoms with Crippen LogP contribution in [0.5, 0.6) is 5.75 Å². The lowest BCUT2D eigenvalue weighted by molar-refractivity contribution is -0.122. The zero-order chi connectivity index (χ0) is 14.6. The molecule has 1 rings (SSSR count). The Hall–Kier alpha value is -1.60. The Bertz CT molecular complexity index is 489. The van der Waals surface area contributed by atoms with Crippen LogP contribution in [0.2, 0.25) is 0 Å². The molecule has 0 fully saturated rings. The van der Waals surface area contributed by atoms with Gasteiger partial charge in [-0.25, -0.2) is 0 Å². The quantitative estimate of drug-likeness (QED) is 0.694. The molecule has 0 spiro atoms. The molecule has 0 atom stereocenters. The second-order valence-electron chi connectivity index (χ2n) is 4.31. The summed E-state index contributed by atoms with van der Waals surface area (Å²) in [6.07, 6.45) is 0. The minimum atomic E-state index is -0.563. The maximum Gasteiger partial charge on any atom is 0.231 e. The average Bonchev–Trinajstić information content (AvgIpc) is 2.23. The van der Waals surface area contributed by atoms with Crippen LogP contribution in [0.4, 0.5) is 0 Å². The van der Waals surface area contributed by atoms with Gasteiger partial charge in [0.05, 0.1) is 13.1 Å². The van der Waals surface area contributed by atoms with Gasteiger partial charge in [0.15, 0.2) is 0 Å². The summed E-state index contributed by atoms with van der Waals surface area (Å²) in [4.78, 5) is 23.4. The molecule has 19 heavy (non-hydrogen) atoms. The maximum atomic E-state index is 11.0. The molecule has 0 aliphatic carbocycles. The Morgan fingerprint density at radius 1 is 1.26 bits per heavy atom. The summed E-state index contributed by atoms with van der Waals surface area (Å²) in [6.45, 7) is 1.76. The van der Waals surface area contributed by atoms with Crippen molar-refractivity contribution < 1.29 is 14.7 Å². The van der Waals surface area contributed by atoms with Crippen molar-refractivity contribution >= 4 is 27.7 Å². The summed E-state index contributed by atoms with van der Waals surface area (Å²) < 4.78 is 0.802. The standard InChI is InChI=1S/C12H16BrN3O3/c1-7-2-9(13)3-8(12(7)19)4-16(5-10(14)17)6-11(15)18/h2-3,19H,4-6H2,1H3,(H2,14,17)(H2,15,18). The van der Waals surface area contributed by atoms with Crippen molar-refractivity contribution in [1.82, 2.24) is 4.90 Å². The van der Waals surface area contributed by atoms with Crippen LogP contribution in [0.1, 0.15) is 11.1 Å². The van der Waals surface area contributed by atoms with Crippen molar-refractivity contribution in [1.29, 1.82) is 0 Å². The number of phenols is 1. The third kappa shape index (κ3) is 4.88. The minimum absolute atomic E-state index is 0.103. The number of phenolic OH excluding ortho intramolecular Hbond substituents is 1.